The number of rotatable bonds is 4. The van der Waals surface area contributed by atoms with Gasteiger partial charge in [-0.2, -0.15) is 11.8 Å². The fourth-order valence-electron chi connectivity index (χ4n) is 2.46. The number of hydrogen-bond acceptors (Lipinski definition) is 2. The Morgan fingerprint density at radius 3 is 2.59 bits per heavy atom. The predicted molar refractivity (Wildman–Crippen MR) is 77.5 cm³/mol. The summed E-state index contributed by atoms with van der Waals surface area (Å²) in [6.45, 7) is 4.61. The third-order valence-corrected chi connectivity index (χ3v) is 4.62. The van der Waals surface area contributed by atoms with Gasteiger partial charge in [-0.3, -0.25) is 0 Å². The molecule has 0 radical (unpaired) electrons. The minimum Gasteiger partial charge on any atom is -0.306 e. The molecule has 2 unspecified atom stereocenters. The first-order chi connectivity index (χ1) is 8.27. The van der Waals surface area contributed by atoms with Gasteiger partial charge >= 0.3 is 0 Å². The molecule has 1 heterocycles. The van der Waals surface area contributed by atoms with Crippen molar-refractivity contribution in [3.8, 4) is 0 Å². The van der Waals surface area contributed by atoms with Crippen LogP contribution in [-0.2, 0) is 0 Å². The lowest BCUT2D eigenvalue weighted by atomic mass is 9.95. The summed E-state index contributed by atoms with van der Waals surface area (Å²) in [5.74, 6) is 3.26. The third-order valence-electron chi connectivity index (χ3n) is 3.40. The summed E-state index contributed by atoms with van der Waals surface area (Å²) < 4.78 is 0. The Labute approximate surface area is 109 Å². The van der Waals surface area contributed by atoms with E-state index in [2.05, 4.69) is 61.3 Å². The van der Waals surface area contributed by atoms with E-state index in [1.54, 1.807) is 0 Å². The second-order valence-electron chi connectivity index (χ2n) is 5.21. The molecule has 1 nitrogen and oxygen atoms in total. The summed E-state index contributed by atoms with van der Waals surface area (Å²) in [7, 11) is 0. The fourth-order valence-corrected chi connectivity index (χ4v) is 3.54. The first-order valence-electron chi connectivity index (χ1n) is 6.66. The average molecular weight is 249 g/mol. The highest BCUT2D eigenvalue weighted by molar-refractivity contribution is 7.99. The molecule has 0 saturated carbocycles. The molecule has 0 aromatic heterocycles. The minimum atomic E-state index is 0.500. The molecule has 2 heteroatoms. The van der Waals surface area contributed by atoms with Crippen LogP contribution in [0.3, 0.4) is 0 Å². The lowest BCUT2D eigenvalue weighted by Crippen LogP contribution is -2.38. The van der Waals surface area contributed by atoms with Crippen LogP contribution in [0.25, 0.3) is 0 Å². The van der Waals surface area contributed by atoms with Gasteiger partial charge < -0.3 is 5.32 Å². The second kappa shape index (κ2) is 6.46. The summed E-state index contributed by atoms with van der Waals surface area (Å²) in [5.41, 5.74) is 1.43. The summed E-state index contributed by atoms with van der Waals surface area (Å²) in [6.07, 6.45) is 2.70. The highest BCUT2D eigenvalue weighted by atomic mass is 32.2. The quantitative estimate of drug-likeness (QED) is 0.869. The molecular weight excluding hydrogens is 226 g/mol. The average Bonchev–Trinajstić information content (AvgIpc) is 2.38. The molecule has 1 aromatic carbocycles. The van der Waals surface area contributed by atoms with Crippen LogP contribution in [0.1, 0.15) is 38.3 Å². The molecule has 0 amide bonds. The second-order valence-corrected chi connectivity index (χ2v) is 6.36. The van der Waals surface area contributed by atoms with E-state index in [-0.39, 0.29) is 0 Å². The van der Waals surface area contributed by atoms with Crippen LogP contribution in [0.2, 0.25) is 0 Å². The van der Waals surface area contributed by atoms with Crippen LogP contribution in [0, 0.1) is 5.92 Å². The van der Waals surface area contributed by atoms with Crippen molar-refractivity contribution >= 4 is 11.8 Å². The molecule has 17 heavy (non-hydrogen) atoms. The standard InChI is InChI=1S/C15H23NS/c1-12(2)15(13-7-4-3-5-8-13)16-14-9-6-10-17-11-14/h3-5,7-8,12,14-16H,6,9-11H2,1-2H3. The Kier molecular flexibility index (Phi) is 4.93. The molecule has 0 bridgehead atoms. The van der Waals surface area contributed by atoms with Crippen LogP contribution in [0.15, 0.2) is 30.3 Å². The SMILES string of the molecule is CC(C)C(NC1CCCSC1)c1ccccc1. The molecule has 1 N–H and O–H groups in total. The predicted octanol–water partition coefficient (Wildman–Crippen LogP) is 3.87. The van der Waals surface area contributed by atoms with Crippen molar-refractivity contribution in [3.05, 3.63) is 35.9 Å². The zero-order valence-corrected chi connectivity index (χ0v) is 11.7. The smallest absolute Gasteiger partial charge is 0.0346 e. The molecular formula is C15H23NS. The zero-order chi connectivity index (χ0) is 12.1. The van der Waals surface area contributed by atoms with Crippen molar-refractivity contribution in [2.45, 2.75) is 38.8 Å². The van der Waals surface area contributed by atoms with Crippen molar-refractivity contribution in [3.63, 3.8) is 0 Å². The molecule has 2 atom stereocenters. The van der Waals surface area contributed by atoms with E-state index < -0.39 is 0 Å². The number of hydrogen-bond donors (Lipinski definition) is 1. The van der Waals surface area contributed by atoms with E-state index in [1.807, 2.05) is 0 Å². The molecule has 1 aromatic rings. The Hall–Kier alpha value is -0.470. The number of nitrogens with one attached hydrogen (secondary N) is 1. The first-order valence-corrected chi connectivity index (χ1v) is 7.81. The maximum absolute atomic E-state index is 3.85. The van der Waals surface area contributed by atoms with E-state index in [4.69, 9.17) is 0 Å². The number of thioether (sulfide) groups is 1. The van der Waals surface area contributed by atoms with Crippen molar-refractivity contribution in [1.29, 1.82) is 0 Å². The Morgan fingerprint density at radius 1 is 1.24 bits per heavy atom. The van der Waals surface area contributed by atoms with E-state index in [0.29, 0.717) is 18.0 Å². The molecule has 0 aliphatic carbocycles. The molecule has 1 aliphatic rings. The molecule has 0 spiro atoms. The van der Waals surface area contributed by atoms with Gasteiger partial charge in [0.1, 0.15) is 0 Å². The van der Waals surface area contributed by atoms with Crippen LogP contribution in [0.5, 0.6) is 0 Å². The lowest BCUT2D eigenvalue weighted by molar-refractivity contribution is 0.358. The van der Waals surface area contributed by atoms with E-state index in [9.17, 15) is 0 Å². The van der Waals surface area contributed by atoms with Gasteiger partial charge in [0, 0.05) is 17.8 Å². The molecule has 1 fully saturated rings. The van der Waals surface area contributed by atoms with Crippen molar-refractivity contribution in [2.24, 2.45) is 5.92 Å². The summed E-state index contributed by atoms with van der Waals surface area (Å²) in [6, 6.07) is 12.1. The largest absolute Gasteiger partial charge is 0.306 e. The normalized spacial score (nSPS) is 22.6. The van der Waals surface area contributed by atoms with E-state index >= 15 is 0 Å². The maximum atomic E-state index is 3.85. The highest BCUT2D eigenvalue weighted by Gasteiger charge is 2.21. The van der Waals surface area contributed by atoms with Crippen molar-refractivity contribution in [2.75, 3.05) is 11.5 Å². The van der Waals surface area contributed by atoms with Gasteiger partial charge in [-0.25, -0.2) is 0 Å². The van der Waals surface area contributed by atoms with Crippen LogP contribution in [-0.4, -0.2) is 17.5 Å². The van der Waals surface area contributed by atoms with Gasteiger partial charge in [-0.1, -0.05) is 44.2 Å². The van der Waals surface area contributed by atoms with Crippen LogP contribution in [0.4, 0.5) is 0 Å². The topological polar surface area (TPSA) is 12.0 Å². The molecule has 1 aliphatic heterocycles. The minimum absolute atomic E-state index is 0.500. The van der Waals surface area contributed by atoms with Crippen LogP contribution >= 0.6 is 11.8 Å². The van der Waals surface area contributed by atoms with Crippen molar-refractivity contribution in [1.82, 2.24) is 5.32 Å². The molecule has 94 valence electrons. The maximum Gasteiger partial charge on any atom is 0.0346 e. The lowest BCUT2D eigenvalue weighted by Gasteiger charge is -2.30. The molecule has 2 rings (SSSR count). The highest BCUT2D eigenvalue weighted by Crippen LogP contribution is 2.25. The van der Waals surface area contributed by atoms with Gasteiger partial charge in [-0.15, -0.1) is 0 Å². The van der Waals surface area contributed by atoms with E-state index in [1.165, 1.54) is 29.9 Å². The van der Waals surface area contributed by atoms with Gasteiger partial charge in [-0.05, 0) is 30.1 Å². The monoisotopic (exact) mass is 249 g/mol. The van der Waals surface area contributed by atoms with Gasteiger partial charge in [0.25, 0.3) is 0 Å². The first kappa shape index (κ1) is 13.0. The molecule has 1 saturated heterocycles. The fraction of sp³-hybridized carbons (Fsp3) is 0.600. The third kappa shape index (κ3) is 3.75. The Morgan fingerprint density at radius 2 is 2.00 bits per heavy atom. The van der Waals surface area contributed by atoms with Crippen molar-refractivity contribution < 1.29 is 0 Å². The summed E-state index contributed by atoms with van der Waals surface area (Å²) in [4.78, 5) is 0. The van der Waals surface area contributed by atoms with Gasteiger partial charge in [0.05, 0.1) is 0 Å². The Bertz CT molecular complexity index is 317. The summed E-state index contributed by atoms with van der Waals surface area (Å²) in [5, 5.41) is 3.85. The van der Waals surface area contributed by atoms with Crippen LogP contribution < -0.4 is 5.32 Å². The number of benzene rings is 1. The summed E-state index contributed by atoms with van der Waals surface area (Å²) >= 11 is 2.09. The van der Waals surface area contributed by atoms with E-state index in [0.717, 1.165) is 0 Å². The Balaban J connectivity index is 2.02. The zero-order valence-electron chi connectivity index (χ0n) is 10.9. The van der Waals surface area contributed by atoms with Gasteiger partial charge in [0.15, 0.2) is 0 Å². The van der Waals surface area contributed by atoms with Gasteiger partial charge in [0.2, 0.25) is 0 Å².